The zero-order valence-corrected chi connectivity index (χ0v) is 10.4. The Labute approximate surface area is 94.3 Å². The van der Waals surface area contributed by atoms with Crippen LogP contribution in [0.3, 0.4) is 0 Å². The van der Waals surface area contributed by atoms with Crippen molar-refractivity contribution in [2.45, 2.75) is 38.6 Å². The topological polar surface area (TPSA) is 12.0 Å². The zero-order valence-electron chi connectivity index (χ0n) is 8.80. The molecule has 0 amide bonds. The van der Waals surface area contributed by atoms with Gasteiger partial charge < -0.3 is 5.32 Å². The lowest BCUT2D eigenvalue weighted by Crippen LogP contribution is -2.21. The highest BCUT2D eigenvalue weighted by molar-refractivity contribution is 7.98. The molecule has 0 radical (unpaired) electrons. The molecule has 0 fully saturated rings. The van der Waals surface area contributed by atoms with E-state index in [1.165, 1.54) is 22.8 Å². The molecule has 2 heterocycles. The summed E-state index contributed by atoms with van der Waals surface area (Å²) in [5.41, 5.74) is 1.59. The fourth-order valence-electron chi connectivity index (χ4n) is 1.60. The average Bonchev–Trinajstić information content (AvgIpc) is 2.57. The summed E-state index contributed by atoms with van der Waals surface area (Å²) in [5, 5.41) is 3.47. The Kier molecular flexibility index (Phi) is 3.52. The van der Waals surface area contributed by atoms with Crippen LogP contribution in [0.25, 0.3) is 0 Å². The number of fused-ring (bicyclic) bond motifs is 1. The smallest absolute Gasteiger partial charge is 0.0302 e. The zero-order chi connectivity index (χ0) is 9.97. The van der Waals surface area contributed by atoms with E-state index in [1.807, 2.05) is 11.3 Å². The lowest BCUT2D eigenvalue weighted by Gasteiger charge is -2.08. The van der Waals surface area contributed by atoms with Crippen LogP contribution in [0.5, 0.6) is 0 Å². The molecule has 0 saturated carbocycles. The van der Waals surface area contributed by atoms with E-state index in [4.69, 9.17) is 0 Å². The van der Waals surface area contributed by atoms with Gasteiger partial charge in [-0.1, -0.05) is 13.8 Å². The van der Waals surface area contributed by atoms with Crippen LogP contribution in [0, 0.1) is 0 Å². The highest BCUT2D eigenvalue weighted by Crippen LogP contribution is 2.31. The lowest BCUT2D eigenvalue weighted by atomic mass is 10.2. The first-order chi connectivity index (χ1) is 6.75. The van der Waals surface area contributed by atoms with Crippen molar-refractivity contribution in [1.29, 1.82) is 0 Å². The second-order valence-electron chi connectivity index (χ2n) is 4.00. The Morgan fingerprint density at radius 1 is 1.50 bits per heavy atom. The minimum Gasteiger partial charge on any atom is -0.310 e. The standard InChI is InChI=1S/C11H17NS2/c1-8(2)12-6-10-5-9-7-13-4-3-11(9)14-10/h5,8,12H,3-4,6-7H2,1-2H3. The summed E-state index contributed by atoms with van der Waals surface area (Å²) in [6.45, 7) is 5.44. The molecule has 0 saturated heterocycles. The molecule has 1 nitrogen and oxygen atoms in total. The summed E-state index contributed by atoms with van der Waals surface area (Å²) in [7, 11) is 0. The number of hydrogen-bond acceptors (Lipinski definition) is 3. The van der Waals surface area contributed by atoms with E-state index in [-0.39, 0.29) is 0 Å². The molecule has 0 bridgehead atoms. The molecule has 0 unspecified atom stereocenters. The monoisotopic (exact) mass is 227 g/mol. The molecule has 0 aromatic carbocycles. The van der Waals surface area contributed by atoms with Crippen LogP contribution in [0.2, 0.25) is 0 Å². The summed E-state index contributed by atoms with van der Waals surface area (Å²) in [5.74, 6) is 2.54. The fourth-order valence-corrected chi connectivity index (χ4v) is 3.93. The van der Waals surface area contributed by atoms with E-state index in [0.29, 0.717) is 6.04 Å². The number of thioether (sulfide) groups is 1. The van der Waals surface area contributed by atoms with Crippen molar-refractivity contribution < 1.29 is 0 Å². The van der Waals surface area contributed by atoms with Gasteiger partial charge in [0.1, 0.15) is 0 Å². The summed E-state index contributed by atoms with van der Waals surface area (Å²) >= 11 is 4.06. The van der Waals surface area contributed by atoms with Crippen molar-refractivity contribution in [2.24, 2.45) is 0 Å². The van der Waals surface area contributed by atoms with E-state index in [9.17, 15) is 0 Å². The largest absolute Gasteiger partial charge is 0.310 e. The first-order valence-electron chi connectivity index (χ1n) is 5.17. The molecule has 0 atom stereocenters. The minimum atomic E-state index is 0.587. The van der Waals surface area contributed by atoms with Gasteiger partial charge in [0.25, 0.3) is 0 Å². The maximum absolute atomic E-state index is 3.47. The number of nitrogens with one attached hydrogen (secondary N) is 1. The third-order valence-electron chi connectivity index (χ3n) is 2.36. The van der Waals surface area contributed by atoms with Crippen molar-refractivity contribution in [3.8, 4) is 0 Å². The van der Waals surface area contributed by atoms with E-state index < -0.39 is 0 Å². The van der Waals surface area contributed by atoms with Gasteiger partial charge in [0.2, 0.25) is 0 Å². The van der Waals surface area contributed by atoms with E-state index >= 15 is 0 Å². The van der Waals surface area contributed by atoms with Crippen LogP contribution in [-0.2, 0) is 18.7 Å². The predicted molar refractivity (Wildman–Crippen MR) is 66.2 cm³/mol. The van der Waals surface area contributed by atoms with Crippen LogP contribution in [0.4, 0.5) is 0 Å². The van der Waals surface area contributed by atoms with Crippen molar-refractivity contribution >= 4 is 23.1 Å². The quantitative estimate of drug-likeness (QED) is 0.852. The molecular weight excluding hydrogens is 210 g/mol. The van der Waals surface area contributed by atoms with Gasteiger partial charge in [-0.05, 0) is 23.8 Å². The van der Waals surface area contributed by atoms with Gasteiger partial charge in [0.05, 0.1) is 0 Å². The van der Waals surface area contributed by atoms with Crippen molar-refractivity contribution in [2.75, 3.05) is 5.75 Å². The molecule has 0 spiro atoms. The van der Waals surface area contributed by atoms with E-state index in [0.717, 1.165) is 6.54 Å². The molecule has 14 heavy (non-hydrogen) atoms. The number of hydrogen-bond donors (Lipinski definition) is 1. The molecule has 1 aliphatic heterocycles. The Hall–Kier alpha value is 0.01000. The maximum atomic E-state index is 3.47. The molecule has 1 aromatic rings. The van der Waals surface area contributed by atoms with Gasteiger partial charge in [-0.3, -0.25) is 0 Å². The SMILES string of the molecule is CC(C)NCc1cc2c(s1)CCSC2. The highest BCUT2D eigenvalue weighted by Gasteiger charge is 2.13. The lowest BCUT2D eigenvalue weighted by molar-refractivity contribution is 0.593. The van der Waals surface area contributed by atoms with Crippen LogP contribution in [-0.4, -0.2) is 11.8 Å². The average molecular weight is 227 g/mol. The van der Waals surface area contributed by atoms with Crippen LogP contribution >= 0.6 is 23.1 Å². The summed E-state index contributed by atoms with van der Waals surface area (Å²) in [6, 6.07) is 2.98. The first kappa shape index (κ1) is 10.5. The molecule has 1 aliphatic rings. The first-order valence-corrected chi connectivity index (χ1v) is 7.14. The van der Waals surface area contributed by atoms with Crippen molar-refractivity contribution in [3.63, 3.8) is 0 Å². The van der Waals surface area contributed by atoms with Crippen LogP contribution < -0.4 is 5.32 Å². The third kappa shape index (κ3) is 2.53. The number of thiophene rings is 1. The molecule has 1 N–H and O–H groups in total. The Balaban J connectivity index is 2.01. The third-order valence-corrected chi connectivity index (χ3v) is 4.61. The molecule has 78 valence electrons. The second-order valence-corrected chi connectivity index (χ2v) is 6.33. The summed E-state index contributed by atoms with van der Waals surface area (Å²) < 4.78 is 0. The second kappa shape index (κ2) is 4.69. The maximum Gasteiger partial charge on any atom is 0.0302 e. The van der Waals surface area contributed by atoms with Gasteiger partial charge in [-0.2, -0.15) is 11.8 Å². The van der Waals surface area contributed by atoms with Crippen molar-refractivity contribution in [3.05, 3.63) is 21.4 Å². The van der Waals surface area contributed by atoms with Gasteiger partial charge >= 0.3 is 0 Å². The van der Waals surface area contributed by atoms with Crippen molar-refractivity contribution in [1.82, 2.24) is 5.32 Å². The van der Waals surface area contributed by atoms with E-state index in [2.05, 4.69) is 37.0 Å². The summed E-state index contributed by atoms with van der Waals surface area (Å²) in [6.07, 6.45) is 1.28. The van der Waals surface area contributed by atoms with Gasteiger partial charge in [0.15, 0.2) is 0 Å². The fraction of sp³-hybridized carbons (Fsp3) is 0.636. The van der Waals surface area contributed by atoms with Gasteiger partial charge in [-0.25, -0.2) is 0 Å². The Morgan fingerprint density at radius 2 is 2.36 bits per heavy atom. The molecule has 0 aliphatic carbocycles. The number of aryl methyl sites for hydroxylation is 1. The number of rotatable bonds is 3. The molecule has 1 aromatic heterocycles. The minimum absolute atomic E-state index is 0.587. The Bertz CT molecular complexity index is 281. The Morgan fingerprint density at radius 3 is 3.07 bits per heavy atom. The van der Waals surface area contributed by atoms with Gasteiger partial charge in [0, 0.05) is 28.1 Å². The predicted octanol–water partition coefficient (Wildman–Crippen LogP) is 3.04. The van der Waals surface area contributed by atoms with Crippen LogP contribution in [0.15, 0.2) is 6.07 Å². The normalized spacial score (nSPS) is 15.9. The summed E-state index contributed by atoms with van der Waals surface area (Å²) in [4.78, 5) is 3.13. The van der Waals surface area contributed by atoms with Crippen LogP contribution in [0.1, 0.15) is 29.2 Å². The van der Waals surface area contributed by atoms with Gasteiger partial charge in [-0.15, -0.1) is 11.3 Å². The van der Waals surface area contributed by atoms with E-state index in [1.54, 1.807) is 10.4 Å². The molecule has 2 rings (SSSR count). The molecule has 3 heteroatoms. The molecular formula is C11H17NS2. The highest BCUT2D eigenvalue weighted by atomic mass is 32.2.